The highest BCUT2D eigenvalue weighted by molar-refractivity contribution is 7.90. The number of carbonyl (C=O) groups is 2. The number of benzene rings is 1. The third-order valence-corrected chi connectivity index (χ3v) is 5.89. The van der Waals surface area contributed by atoms with E-state index >= 15 is 0 Å². The van der Waals surface area contributed by atoms with Crippen molar-refractivity contribution < 1.29 is 36.3 Å². The molecule has 0 radical (unpaired) electrons. The summed E-state index contributed by atoms with van der Waals surface area (Å²) in [5, 5.41) is 0. The second kappa shape index (κ2) is 7.28. The zero-order chi connectivity index (χ0) is 19.7. The summed E-state index contributed by atoms with van der Waals surface area (Å²) in [5.74, 6) is -5.87. The number of methoxy groups -OCH3 is 1. The van der Waals surface area contributed by atoms with Crippen LogP contribution in [0.15, 0.2) is 23.1 Å². The van der Waals surface area contributed by atoms with Crippen molar-refractivity contribution in [2.24, 2.45) is 5.92 Å². The summed E-state index contributed by atoms with van der Waals surface area (Å²) in [7, 11) is -2.73. The number of carbonyl (C=O) groups excluding carboxylic acids is 2. The van der Waals surface area contributed by atoms with Gasteiger partial charge in [0.15, 0.2) is 0 Å². The minimum atomic E-state index is -4.10. The normalized spacial score (nSPS) is 17.1. The highest BCUT2D eigenvalue weighted by Gasteiger charge is 2.41. The van der Waals surface area contributed by atoms with Gasteiger partial charge < -0.3 is 9.47 Å². The van der Waals surface area contributed by atoms with E-state index in [1.165, 1.54) is 26.2 Å². The molecular weight excluding hydrogens is 372 g/mol. The number of fused-ring (bicyclic) bond motifs is 1. The van der Waals surface area contributed by atoms with Crippen LogP contribution in [0, 0.1) is 5.92 Å². The van der Waals surface area contributed by atoms with Crippen LogP contribution in [0.2, 0.25) is 0 Å². The molecule has 0 aromatic heterocycles. The highest BCUT2D eigenvalue weighted by Crippen LogP contribution is 2.31. The number of esters is 1. The van der Waals surface area contributed by atoms with Crippen molar-refractivity contribution in [3.63, 3.8) is 0 Å². The minimum absolute atomic E-state index is 0.0248. The molecular formula is C16H19F2NO6S. The van der Waals surface area contributed by atoms with Gasteiger partial charge in [-0.2, -0.15) is 0 Å². The van der Waals surface area contributed by atoms with Gasteiger partial charge in [-0.25, -0.2) is 26.3 Å². The molecule has 2 rings (SSSR count). The van der Waals surface area contributed by atoms with Crippen LogP contribution in [-0.4, -0.2) is 57.4 Å². The molecule has 0 N–H and O–H groups in total. The van der Waals surface area contributed by atoms with E-state index in [0.717, 1.165) is 6.07 Å². The van der Waals surface area contributed by atoms with Gasteiger partial charge in [0.2, 0.25) is 0 Å². The van der Waals surface area contributed by atoms with Crippen LogP contribution in [0.5, 0.6) is 0 Å². The summed E-state index contributed by atoms with van der Waals surface area (Å²) >= 11 is 0. The lowest BCUT2D eigenvalue weighted by molar-refractivity contribution is -0.0562. The molecule has 7 nitrogen and oxygen atoms in total. The number of amides is 1. The van der Waals surface area contributed by atoms with E-state index in [-0.39, 0.29) is 29.2 Å². The average Bonchev–Trinajstić information content (AvgIpc) is 2.75. The van der Waals surface area contributed by atoms with Gasteiger partial charge in [-0.05, 0) is 25.1 Å². The van der Waals surface area contributed by atoms with Crippen molar-refractivity contribution >= 4 is 21.9 Å². The molecule has 0 fully saturated rings. The Morgan fingerprint density at radius 3 is 2.58 bits per heavy atom. The maximum atomic E-state index is 13.1. The van der Waals surface area contributed by atoms with E-state index in [0.29, 0.717) is 11.2 Å². The van der Waals surface area contributed by atoms with E-state index < -0.39 is 40.3 Å². The smallest absolute Gasteiger partial charge is 0.338 e. The first-order valence-electron chi connectivity index (χ1n) is 7.75. The summed E-state index contributed by atoms with van der Waals surface area (Å²) in [6.45, 7) is 1.29. The first-order valence-corrected chi connectivity index (χ1v) is 9.19. The fourth-order valence-electron chi connectivity index (χ4n) is 2.23. The Morgan fingerprint density at radius 1 is 1.35 bits per heavy atom. The van der Waals surface area contributed by atoms with Crippen LogP contribution in [0.25, 0.3) is 0 Å². The Labute approximate surface area is 149 Å². The summed E-state index contributed by atoms with van der Waals surface area (Å²) in [6, 6.07) is 3.45. The fourth-order valence-corrected chi connectivity index (χ4v) is 3.81. The van der Waals surface area contributed by atoms with E-state index in [1.807, 2.05) is 0 Å². The molecule has 0 bridgehead atoms. The number of hydrogen-bond acceptors (Lipinski definition) is 6. The molecule has 1 aliphatic heterocycles. The van der Waals surface area contributed by atoms with Crippen molar-refractivity contribution in [2.75, 3.05) is 26.9 Å². The number of ether oxygens (including phenoxy) is 2. The quantitative estimate of drug-likeness (QED) is 0.660. The maximum absolute atomic E-state index is 13.1. The molecule has 1 unspecified atom stereocenters. The largest absolute Gasteiger partial charge is 0.462 e. The SMILES string of the molecule is COCCN1C(=O)c2ccc(C(=O)OCC(C)C(C)(F)F)cc2S1(=O)=O. The molecule has 0 saturated heterocycles. The second-order valence-electron chi connectivity index (χ2n) is 6.04. The van der Waals surface area contributed by atoms with Crippen molar-refractivity contribution in [3.05, 3.63) is 29.3 Å². The second-order valence-corrected chi connectivity index (χ2v) is 7.87. The molecule has 1 heterocycles. The number of nitrogens with zero attached hydrogens (tertiary/aromatic N) is 1. The average molecular weight is 391 g/mol. The summed E-state index contributed by atoms with van der Waals surface area (Å²) in [6.07, 6.45) is 0. The van der Waals surface area contributed by atoms with E-state index in [2.05, 4.69) is 0 Å². The van der Waals surface area contributed by atoms with Crippen LogP contribution in [0.4, 0.5) is 8.78 Å². The first kappa shape index (κ1) is 20.2. The molecule has 0 spiro atoms. The summed E-state index contributed by atoms with van der Waals surface area (Å²) in [4.78, 5) is 23.9. The Morgan fingerprint density at radius 2 is 2.00 bits per heavy atom. The minimum Gasteiger partial charge on any atom is -0.462 e. The lowest BCUT2D eigenvalue weighted by Gasteiger charge is -2.18. The summed E-state index contributed by atoms with van der Waals surface area (Å²) < 4.78 is 61.5. The molecule has 1 aromatic rings. The van der Waals surface area contributed by atoms with Crippen LogP contribution in [-0.2, 0) is 19.5 Å². The van der Waals surface area contributed by atoms with Gasteiger partial charge in [0.1, 0.15) is 4.90 Å². The fraction of sp³-hybridized carbons (Fsp3) is 0.500. The lowest BCUT2D eigenvalue weighted by Crippen LogP contribution is -2.33. The molecule has 0 aliphatic carbocycles. The van der Waals surface area contributed by atoms with Crippen LogP contribution < -0.4 is 0 Å². The number of hydrogen-bond donors (Lipinski definition) is 0. The van der Waals surface area contributed by atoms with Gasteiger partial charge in [0.25, 0.3) is 21.9 Å². The van der Waals surface area contributed by atoms with Gasteiger partial charge in [0, 0.05) is 7.11 Å². The van der Waals surface area contributed by atoms with E-state index in [1.54, 1.807) is 0 Å². The lowest BCUT2D eigenvalue weighted by atomic mass is 10.1. The van der Waals surface area contributed by atoms with Gasteiger partial charge in [0.05, 0.1) is 36.8 Å². The molecule has 1 atom stereocenters. The third kappa shape index (κ3) is 3.85. The Kier molecular flexibility index (Phi) is 5.67. The highest BCUT2D eigenvalue weighted by atomic mass is 32.2. The van der Waals surface area contributed by atoms with Crippen LogP contribution >= 0.6 is 0 Å². The molecule has 10 heteroatoms. The summed E-state index contributed by atoms with van der Waals surface area (Å²) in [5.41, 5.74) is -0.202. The van der Waals surface area contributed by atoms with Gasteiger partial charge >= 0.3 is 5.97 Å². The molecule has 1 aromatic carbocycles. The standard InChI is InChI=1S/C16H19F2NO6S/c1-10(16(2,17)18)9-25-15(21)11-4-5-12-13(8-11)26(22,23)19(14(12)20)6-7-24-3/h4-5,8,10H,6-7,9H2,1-3H3. The van der Waals surface area contributed by atoms with Crippen LogP contribution in [0.3, 0.4) is 0 Å². The molecule has 26 heavy (non-hydrogen) atoms. The van der Waals surface area contributed by atoms with Gasteiger partial charge in [-0.1, -0.05) is 6.92 Å². The van der Waals surface area contributed by atoms with E-state index in [9.17, 15) is 26.8 Å². The molecule has 1 aliphatic rings. The van der Waals surface area contributed by atoms with Gasteiger partial charge in [-0.3, -0.25) is 4.79 Å². The zero-order valence-electron chi connectivity index (χ0n) is 14.5. The molecule has 144 valence electrons. The van der Waals surface area contributed by atoms with Crippen LogP contribution in [0.1, 0.15) is 34.6 Å². The maximum Gasteiger partial charge on any atom is 0.338 e. The topological polar surface area (TPSA) is 90.0 Å². The first-order chi connectivity index (χ1) is 12.0. The third-order valence-electron chi connectivity index (χ3n) is 4.07. The van der Waals surface area contributed by atoms with E-state index in [4.69, 9.17) is 9.47 Å². The van der Waals surface area contributed by atoms with Crippen molar-refractivity contribution in [1.29, 1.82) is 0 Å². The zero-order valence-corrected chi connectivity index (χ0v) is 15.3. The number of alkyl halides is 2. The Balaban J connectivity index is 2.22. The molecule has 1 amide bonds. The monoisotopic (exact) mass is 391 g/mol. The Hall–Kier alpha value is -2.07. The van der Waals surface area contributed by atoms with Gasteiger partial charge in [-0.15, -0.1) is 0 Å². The van der Waals surface area contributed by atoms with Crippen molar-refractivity contribution in [1.82, 2.24) is 4.31 Å². The van der Waals surface area contributed by atoms with Crippen molar-refractivity contribution in [2.45, 2.75) is 24.7 Å². The number of sulfonamides is 1. The predicted octanol–water partition coefficient (Wildman–Crippen LogP) is 1.93. The number of rotatable bonds is 7. The van der Waals surface area contributed by atoms with Crippen molar-refractivity contribution in [3.8, 4) is 0 Å². The number of halogens is 2. The predicted molar refractivity (Wildman–Crippen MR) is 86.6 cm³/mol. The molecule has 0 saturated carbocycles. The Bertz CT molecular complexity index is 819.